The van der Waals surface area contributed by atoms with E-state index in [0.717, 1.165) is 32.1 Å². The molecule has 1 saturated carbocycles. The first kappa shape index (κ1) is 15.5. The maximum atomic E-state index is 5.61. The Labute approximate surface area is 123 Å². The van der Waals surface area contributed by atoms with Crippen LogP contribution in [0.25, 0.3) is 0 Å². The summed E-state index contributed by atoms with van der Waals surface area (Å²) in [5.41, 5.74) is 2.79. The predicted octanol–water partition coefficient (Wildman–Crippen LogP) is 4.24. The van der Waals surface area contributed by atoms with Crippen LogP contribution in [0, 0.1) is 12.8 Å². The Morgan fingerprint density at radius 1 is 1.15 bits per heavy atom. The Hall–Kier alpha value is -0.860. The molecule has 0 amide bonds. The summed E-state index contributed by atoms with van der Waals surface area (Å²) in [5.74, 6) is 0.846. The highest BCUT2D eigenvalue weighted by Crippen LogP contribution is 2.40. The number of hydrogen-bond acceptors (Lipinski definition) is 2. The van der Waals surface area contributed by atoms with E-state index in [0.29, 0.717) is 6.04 Å². The molecule has 112 valence electrons. The van der Waals surface area contributed by atoms with E-state index >= 15 is 0 Å². The second-order valence-corrected chi connectivity index (χ2v) is 6.00. The smallest absolute Gasteiger partial charge is 0.0478 e. The third-order valence-corrected chi connectivity index (χ3v) is 4.00. The highest BCUT2D eigenvalue weighted by molar-refractivity contribution is 5.25. The maximum absolute atomic E-state index is 5.61. The van der Waals surface area contributed by atoms with E-state index < -0.39 is 0 Å². The molecule has 1 N–H and O–H groups in total. The first-order valence-corrected chi connectivity index (χ1v) is 8.19. The summed E-state index contributed by atoms with van der Waals surface area (Å²) in [6, 6.07) is 9.55. The molecule has 20 heavy (non-hydrogen) atoms. The van der Waals surface area contributed by atoms with Gasteiger partial charge in [0.15, 0.2) is 0 Å². The second kappa shape index (κ2) is 8.43. The van der Waals surface area contributed by atoms with Gasteiger partial charge in [0.25, 0.3) is 0 Å². The van der Waals surface area contributed by atoms with E-state index in [2.05, 4.69) is 43.4 Å². The second-order valence-electron chi connectivity index (χ2n) is 6.00. The van der Waals surface area contributed by atoms with Gasteiger partial charge in [-0.15, -0.1) is 0 Å². The van der Waals surface area contributed by atoms with Crippen LogP contribution in [0.15, 0.2) is 24.3 Å². The molecule has 0 radical (unpaired) electrons. The van der Waals surface area contributed by atoms with Gasteiger partial charge in [-0.05, 0) is 50.6 Å². The fourth-order valence-corrected chi connectivity index (χ4v) is 2.54. The Balaban J connectivity index is 1.69. The van der Waals surface area contributed by atoms with Crippen LogP contribution in [0.3, 0.4) is 0 Å². The highest BCUT2D eigenvalue weighted by Gasteiger charge is 2.31. The lowest BCUT2D eigenvalue weighted by Crippen LogP contribution is -2.25. The van der Waals surface area contributed by atoms with Crippen LogP contribution >= 0.6 is 0 Å². The van der Waals surface area contributed by atoms with Crippen LogP contribution in [0.1, 0.15) is 56.2 Å². The van der Waals surface area contributed by atoms with Gasteiger partial charge in [0, 0.05) is 19.3 Å². The summed E-state index contributed by atoms with van der Waals surface area (Å²) in [4.78, 5) is 0. The Bertz CT molecular complexity index is 370. The molecule has 1 aliphatic carbocycles. The quantitative estimate of drug-likeness (QED) is 0.645. The molecular weight excluding hydrogens is 246 g/mol. The number of ether oxygens (including phenoxy) is 1. The average molecular weight is 275 g/mol. The summed E-state index contributed by atoms with van der Waals surface area (Å²) in [6.45, 7) is 7.21. The molecule has 1 fully saturated rings. The molecule has 0 aliphatic heterocycles. The fourth-order valence-electron chi connectivity index (χ4n) is 2.54. The molecular formula is C18H29NO. The number of rotatable bonds is 10. The molecule has 0 saturated heterocycles. The van der Waals surface area contributed by atoms with Crippen molar-refractivity contribution in [2.45, 2.75) is 52.0 Å². The molecule has 0 heterocycles. The zero-order valence-electron chi connectivity index (χ0n) is 13.0. The molecule has 1 aliphatic rings. The number of benzene rings is 1. The van der Waals surface area contributed by atoms with Crippen LogP contribution in [0.2, 0.25) is 0 Å². The molecule has 1 aromatic carbocycles. The molecule has 2 nitrogen and oxygen atoms in total. The zero-order valence-corrected chi connectivity index (χ0v) is 13.0. The molecule has 1 unspecified atom stereocenters. The SMILES string of the molecule is CCCCOCCCNC(c1ccc(C)cc1)C1CC1. The van der Waals surface area contributed by atoms with Crippen molar-refractivity contribution < 1.29 is 4.74 Å². The number of unbranched alkanes of at least 4 members (excludes halogenated alkanes) is 1. The first-order valence-electron chi connectivity index (χ1n) is 8.19. The zero-order chi connectivity index (χ0) is 14.2. The fraction of sp³-hybridized carbons (Fsp3) is 0.667. The molecule has 0 aromatic heterocycles. The van der Waals surface area contributed by atoms with Crippen molar-refractivity contribution in [3.63, 3.8) is 0 Å². The maximum Gasteiger partial charge on any atom is 0.0478 e. The van der Waals surface area contributed by atoms with Crippen LogP contribution in [-0.4, -0.2) is 19.8 Å². The minimum Gasteiger partial charge on any atom is -0.381 e. The van der Waals surface area contributed by atoms with Crippen molar-refractivity contribution in [2.24, 2.45) is 5.92 Å². The van der Waals surface area contributed by atoms with Gasteiger partial charge >= 0.3 is 0 Å². The monoisotopic (exact) mass is 275 g/mol. The predicted molar refractivity (Wildman–Crippen MR) is 85.0 cm³/mol. The van der Waals surface area contributed by atoms with Crippen molar-refractivity contribution in [3.05, 3.63) is 35.4 Å². The van der Waals surface area contributed by atoms with Crippen LogP contribution in [0.4, 0.5) is 0 Å². The van der Waals surface area contributed by atoms with E-state index in [1.54, 1.807) is 0 Å². The lowest BCUT2D eigenvalue weighted by atomic mass is 10.0. The molecule has 0 spiro atoms. The van der Waals surface area contributed by atoms with Gasteiger partial charge < -0.3 is 10.1 Å². The molecule has 1 atom stereocenters. The third-order valence-electron chi connectivity index (χ3n) is 4.00. The van der Waals surface area contributed by atoms with Crippen LogP contribution in [0.5, 0.6) is 0 Å². The average Bonchev–Trinajstić information content (AvgIpc) is 3.28. The van der Waals surface area contributed by atoms with Crippen molar-refractivity contribution in [1.82, 2.24) is 5.32 Å². The Morgan fingerprint density at radius 3 is 2.50 bits per heavy atom. The van der Waals surface area contributed by atoms with Gasteiger partial charge in [-0.2, -0.15) is 0 Å². The van der Waals surface area contributed by atoms with Gasteiger partial charge in [0.2, 0.25) is 0 Å². The van der Waals surface area contributed by atoms with Crippen LogP contribution < -0.4 is 5.32 Å². The van der Waals surface area contributed by atoms with E-state index in [1.807, 2.05) is 0 Å². The van der Waals surface area contributed by atoms with Gasteiger partial charge in [-0.1, -0.05) is 43.2 Å². The summed E-state index contributed by atoms with van der Waals surface area (Å²) in [5, 5.41) is 3.73. The normalized spacial score (nSPS) is 16.3. The summed E-state index contributed by atoms with van der Waals surface area (Å²) in [7, 11) is 0. The number of hydrogen-bond donors (Lipinski definition) is 1. The highest BCUT2D eigenvalue weighted by atomic mass is 16.5. The van der Waals surface area contributed by atoms with E-state index in [9.17, 15) is 0 Å². The molecule has 2 heteroatoms. The van der Waals surface area contributed by atoms with E-state index in [4.69, 9.17) is 4.74 Å². The lowest BCUT2D eigenvalue weighted by Gasteiger charge is -2.19. The topological polar surface area (TPSA) is 21.3 Å². The standard InChI is InChI=1S/C18H29NO/c1-3-4-13-20-14-5-12-19-18(17-10-11-17)16-8-6-15(2)7-9-16/h6-9,17-19H,3-5,10-14H2,1-2H3. The Kier molecular flexibility index (Phi) is 6.55. The first-order chi connectivity index (χ1) is 9.81. The number of nitrogens with one attached hydrogen (secondary N) is 1. The van der Waals surface area contributed by atoms with E-state index in [1.165, 1.54) is 36.8 Å². The van der Waals surface area contributed by atoms with Crippen molar-refractivity contribution in [3.8, 4) is 0 Å². The van der Waals surface area contributed by atoms with Gasteiger partial charge in [-0.25, -0.2) is 0 Å². The summed E-state index contributed by atoms with van der Waals surface area (Å²) < 4.78 is 5.61. The van der Waals surface area contributed by atoms with Gasteiger partial charge in [0.05, 0.1) is 0 Å². The molecule has 2 rings (SSSR count). The summed E-state index contributed by atoms with van der Waals surface area (Å²) >= 11 is 0. The summed E-state index contributed by atoms with van der Waals surface area (Å²) in [6.07, 6.45) is 6.26. The van der Waals surface area contributed by atoms with Crippen molar-refractivity contribution >= 4 is 0 Å². The Morgan fingerprint density at radius 2 is 1.85 bits per heavy atom. The van der Waals surface area contributed by atoms with Crippen molar-refractivity contribution in [1.29, 1.82) is 0 Å². The minimum atomic E-state index is 0.547. The van der Waals surface area contributed by atoms with Gasteiger partial charge in [0.1, 0.15) is 0 Å². The van der Waals surface area contributed by atoms with Crippen LogP contribution in [-0.2, 0) is 4.74 Å². The van der Waals surface area contributed by atoms with E-state index in [-0.39, 0.29) is 0 Å². The molecule has 1 aromatic rings. The van der Waals surface area contributed by atoms with Gasteiger partial charge in [-0.3, -0.25) is 0 Å². The largest absolute Gasteiger partial charge is 0.381 e. The third kappa shape index (κ3) is 5.26. The molecule has 0 bridgehead atoms. The van der Waals surface area contributed by atoms with Crippen molar-refractivity contribution in [2.75, 3.05) is 19.8 Å². The number of aryl methyl sites for hydroxylation is 1. The minimum absolute atomic E-state index is 0.547. The lowest BCUT2D eigenvalue weighted by molar-refractivity contribution is 0.128.